The van der Waals surface area contributed by atoms with Crippen LogP contribution in [0.25, 0.3) is 10.9 Å². The Bertz CT molecular complexity index is 1080. The molecule has 0 unspecified atom stereocenters. The third-order valence-corrected chi connectivity index (χ3v) is 5.39. The fraction of sp³-hybridized carbons (Fsp3) is 0.0625. The number of nitrogens with two attached hydrogens (primary N) is 1. The van der Waals surface area contributed by atoms with Crippen molar-refractivity contribution in [2.24, 2.45) is 0 Å². The van der Waals surface area contributed by atoms with Gasteiger partial charge in [0.1, 0.15) is 5.52 Å². The Hall–Kier alpha value is -3.00. The van der Waals surface area contributed by atoms with E-state index in [0.29, 0.717) is 0 Å². The van der Waals surface area contributed by atoms with Crippen LogP contribution in [-0.2, 0) is 9.84 Å². The number of hydrogen-bond donors (Lipinski definition) is 1. The van der Waals surface area contributed by atoms with Crippen LogP contribution in [0, 0.1) is 17.0 Å². The molecule has 8 heteroatoms. The van der Waals surface area contributed by atoms with Crippen molar-refractivity contribution < 1.29 is 13.3 Å². The van der Waals surface area contributed by atoms with Crippen LogP contribution in [-0.4, -0.2) is 18.3 Å². The average molecular weight is 343 g/mol. The largest absolute Gasteiger partial charge is 0.397 e. The molecule has 3 rings (SSSR count). The van der Waals surface area contributed by atoms with E-state index in [2.05, 4.69) is 4.98 Å². The van der Waals surface area contributed by atoms with Crippen molar-refractivity contribution in [1.82, 2.24) is 4.98 Å². The molecule has 0 radical (unpaired) electrons. The molecule has 2 aromatic carbocycles. The molecule has 2 N–H and O–H groups in total. The van der Waals surface area contributed by atoms with Crippen LogP contribution in [0.3, 0.4) is 0 Å². The first-order chi connectivity index (χ1) is 11.3. The molecule has 3 aromatic rings. The van der Waals surface area contributed by atoms with E-state index in [1.165, 1.54) is 30.5 Å². The molecule has 0 spiro atoms. The van der Waals surface area contributed by atoms with Gasteiger partial charge in [0.2, 0.25) is 9.84 Å². The van der Waals surface area contributed by atoms with Crippen molar-refractivity contribution in [2.75, 3.05) is 5.73 Å². The maximum absolute atomic E-state index is 12.9. The monoisotopic (exact) mass is 343 g/mol. The SMILES string of the molecule is Cc1cccc(S(=O)(=O)c2cc(N)c3ncccc3c2[N+](=O)[O-])c1. The number of benzene rings is 2. The number of nitrogens with zero attached hydrogens (tertiary/aromatic N) is 2. The number of nitro groups is 1. The molecular weight excluding hydrogens is 330 g/mol. The van der Waals surface area contributed by atoms with Crippen LogP contribution in [0.5, 0.6) is 0 Å². The number of nitro benzene ring substituents is 1. The highest BCUT2D eigenvalue weighted by Gasteiger charge is 2.31. The second kappa shape index (κ2) is 5.57. The predicted molar refractivity (Wildman–Crippen MR) is 89.4 cm³/mol. The van der Waals surface area contributed by atoms with Gasteiger partial charge < -0.3 is 5.73 Å². The Morgan fingerprint density at radius 3 is 2.58 bits per heavy atom. The van der Waals surface area contributed by atoms with Crippen molar-refractivity contribution in [3.05, 3.63) is 64.3 Å². The van der Waals surface area contributed by atoms with Crippen LogP contribution < -0.4 is 5.73 Å². The lowest BCUT2D eigenvalue weighted by Gasteiger charge is -2.10. The minimum atomic E-state index is -4.10. The summed E-state index contributed by atoms with van der Waals surface area (Å²) >= 11 is 0. The van der Waals surface area contributed by atoms with Gasteiger partial charge in [-0.2, -0.15) is 0 Å². The van der Waals surface area contributed by atoms with E-state index in [0.717, 1.165) is 11.6 Å². The molecule has 1 heterocycles. The molecule has 0 fully saturated rings. The number of aryl methyl sites for hydroxylation is 1. The van der Waals surface area contributed by atoms with E-state index in [1.807, 2.05) is 0 Å². The van der Waals surface area contributed by atoms with Crippen molar-refractivity contribution >= 4 is 32.1 Å². The van der Waals surface area contributed by atoms with Gasteiger partial charge >= 0.3 is 0 Å². The number of rotatable bonds is 3. The Morgan fingerprint density at radius 1 is 1.17 bits per heavy atom. The molecular formula is C16H13N3O4S. The molecule has 0 bridgehead atoms. The van der Waals surface area contributed by atoms with Crippen LogP contribution in [0.15, 0.2) is 58.5 Å². The number of pyridine rings is 1. The van der Waals surface area contributed by atoms with Gasteiger partial charge in [-0.1, -0.05) is 12.1 Å². The molecule has 0 atom stereocenters. The maximum Gasteiger partial charge on any atom is 0.297 e. The minimum Gasteiger partial charge on any atom is -0.397 e. The fourth-order valence-corrected chi connectivity index (χ4v) is 4.11. The average Bonchev–Trinajstić information content (AvgIpc) is 2.54. The zero-order valence-electron chi connectivity index (χ0n) is 12.6. The van der Waals surface area contributed by atoms with E-state index >= 15 is 0 Å². The zero-order chi connectivity index (χ0) is 17.5. The highest BCUT2D eigenvalue weighted by molar-refractivity contribution is 7.91. The Morgan fingerprint density at radius 2 is 1.92 bits per heavy atom. The second-order valence-corrected chi connectivity index (χ2v) is 7.21. The summed E-state index contributed by atoms with van der Waals surface area (Å²) in [6.07, 6.45) is 1.44. The van der Waals surface area contributed by atoms with E-state index < -0.39 is 25.3 Å². The van der Waals surface area contributed by atoms with Crippen molar-refractivity contribution in [3.63, 3.8) is 0 Å². The van der Waals surface area contributed by atoms with Crippen molar-refractivity contribution in [1.29, 1.82) is 0 Å². The molecule has 0 saturated carbocycles. The summed E-state index contributed by atoms with van der Waals surface area (Å²) in [5.74, 6) is 0. The lowest BCUT2D eigenvalue weighted by atomic mass is 10.1. The van der Waals surface area contributed by atoms with Gasteiger partial charge in [-0.05, 0) is 42.8 Å². The number of hydrogen-bond acceptors (Lipinski definition) is 6. The van der Waals surface area contributed by atoms with Gasteiger partial charge in [-0.3, -0.25) is 15.1 Å². The predicted octanol–water partition coefficient (Wildman–Crippen LogP) is 2.87. The molecule has 7 nitrogen and oxygen atoms in total. The summed E-state index contributed by atoms with van der Waals surface area (Å²) in [6.45, 7) is 1.74. The molecule has 0 amide bonds. The normalized spacial score (nSPS) is 11.5. The Balaban J connectivity index is 2.42. The summed E-state index contributed by atoms with van der Waals surface area (Å²) < 4.78 is 25.9. The van der Waals surface area contributed by atoms with Crippen LogP contribution >= 0.6 is 0 Å². The van der Waals surface area contributed by atoms with Gasteiger partial charge in [-0.15, -0.1) is 0 Å². The van der Waals surface area contributed by atoms with Crippen molar-refractivity contribution in [3.8, 4) is 0 Å². The summed E-state index contributed by atoms with van der Waals surface area (Å²) in [5, 5.41) is 11.7. The standard InChI is InChI=1S/C16H13N3O4S/c1-10-4-2-5-11(8-10)24(22,23)14-9-13(17)15-12(6-3-7-18-15)16(14)19(20)21/h2-9H,17H2,1H3. The minimum absolute atomic E-state index is 0.0201. The lowest BCUT2D eigenvalue weighted by molar-refractivity contribution is -0.386. The number of fused-ring (bicyclic) bond motifs is 1. The molecule has 0 aliphatic heterocycles. The summed E-state index contributed by atoms with van der Waals surface area (Å²) in [6, 6.07) is 10.2. The smallest absolute Gasteiger partial charge is 0.297 e. The Labute approximate surface area is 137 Å². The molecule has 0 aliphatic rings. The molecule has 0 aliphatic carbocycles. The maximum atomic E-state index is 12.9. The number of nitrogen functional groups attached to an aromatic ring is 1. The first-order valence-electron chi connectivity index (χ1n) is 6.95. The van der Waals surface area contributed by atoms with Crippen LogP contribution in [0.1, 0.15) is 5.56 Å². The third kappa shape index (κ3) is 2.46. The summed E-state index contributed by atoms with van der Waals surface area (Å²) in [7, 11) is -4.10. The van der Waals surface area contributed by atoms with Crippen LogP contribution in [0.4, 0.5) is 11.4 Å². The first-order valence-corrected chi connectivity index (χ1v) is 8.44. The van der Waals surface area contributed by atoms with E-state index in [1.54, 1.807) is 19.1 Å². The second-order valence-electron chi connectivity index (χ2n) is 5.29. The first kappa shape index (κ1) is 15.9. The molecule has 1 aromatic heterocycles. The van der Waals surface area contributed by atoms with Crippen LogP contribution in [0.2, 0.25) is 0 Å². The summed E-state index contributed by atoms with van der Waals surface area (Å²) in [5.41, 5.74) is 6.37. The lowest BCUT2D eigenvalue weighted by Crippen LogP contribution is -2.08. The third-order valence-electron chi connectivity index (χ3n) is 3.63. The number of anilines is 1. The summed E-state index contributed by atoms with van der Waals surface area (Å²) in [4.78, 5) is 14.4. The number of aromatic nitrogens is 1. The van der Waals surface area contributed by atoms with Gasteiger partial charge in [0.25, 0.3) is 5.69 Å². The highest BCUT2D eigenvalue weighted by atomic mass is 32.2. The van der Waals surface area contributed by atoms with E-state index in [4.69, 9.17) is 5.73 Å². The molecule has 122 valence electrons. The van der Waals surface area contributed by atoms with Gasteiger partial charge in [-0.25, -0.2) is 8.42 Å². The molecule has 24 heavy (non-hydrogen) atoms. The van der Waals surface area contributed by atoms with Gasteiger partial charge in [0.15, 0.2) is 4.90 Å². The zero-order valence-corrected chi connectivity index (χ0v) is 13.4. The van der Waals surface area contributed by atoms with E-state index in [9.17, 15) is 18.5 Å². The fourth-order valence-electron chi connectivity index (χ4n) is 2.54. The molecule has 0 saturated heterocycles. The number of sulfone groups is 1. The van der Waals surface area contributed by atoms with Gasteiger partial charge in [0.05, 0.1) is 20.9 Å². The van der Waals surface area contributed by atoms with Crippen molar-refractivity contribution in [2.45, 2.75) is 16.7 Å². The highest BCUT2D eigenvalue weighted by Crippen LogP contribution is 2.38. The Kier molecular flexibility index (Phi) is 3.69. The van der Waals surface area contributed by atoms with E-state index in [-0.39, 0.29) is 21.5 Å². The topological polar surface area (TPSA) is 116 Å². The van der Waals surface area contributed by atoms with Gasteiger partial charge in [0, 0.05) is 6.20 Å². The quantitative estimate of drug-likeness (QED) is 0.444.